The Morgan fingerprint density at radius 2 is 1.95 bits per heavy atom. The van der Waals surface area contributed by atoms with Crippen molar-refractivity contribution in [2.24, 2.45) is 0 Å². The van der Waals surface area contributed by atoms with E-state index in [1.54, 1.807) is 20.8 Å². The normalized spacial score (nSPS) is 12.7. The van der Waals surface area contributed by atoms with Crippen LogP contribution in [0.2, 0.25) is 0 Å². The third kappa shape index (κ3) is 4.00. The molecule has 7 nitrogen and oxygen atoms in total. The number of nitrogens with one attached hydrogen (secondary N) is 1. The molecule has 1 aromatic rings. The van der Waals surface area contributed by atoms with Crippen LogP contribution in [-0.2, 0) is 10.0 Å². The second-order valence-electron chi connectivity index (χ2n) is 4.75. The first-order valence-electron chi connectivity index (χ1n) is 6.37. The third-order valence-corrected chi connectivity index (χ3v) is 4.76. The lowest BCUT2D eigenvalue weighted by Crippen LogP contribution is -2.34. The van der Waals surface area contributed by atoms with Crippen LogP contribution in [0.15, 0.2) is 17.0 Å². The number of hydrogen-bond acceptors (Lipinski definition) is 5. The van der Waals surface area contributed by atoms with Crippen LogP contribution in [0.3, 0.4) is 0 Å². The van der Waals surface area contributed by atoms with Crippen LogP contribution in [0.1, 0.15) is 30.9 Å². The fourth-order valence-electron chi connectivity index (χ4n) is 1.79. The quantitative estimate of drug-likeness (QED) is 0.639. The average molecular weight is 311 g/mol. The average Bonchev–Trinajstić information content (AvgIpc) is 2.40. The molecule has 0 fully saturated rings. The van der Waals surface area contributed by atoms with Crippen LogP contribution in [-0.4, -0.2) is 19.4 Å². The molecule has 1 unspecified atom stereocenters. The van der Waals surface area contributed by atoms with Gasteiger partial charge in [0.2, 0.25) is 10.0 Å². The monoisotopic (exact) mass is 311 g/mol. The van der Waals surface area contributed by atoms with E-state index in [0.29, 0.717) is 17.5 Å². The highest BCUT2D eigenvalue weighted by molar-refractivity contribution is 7.89. The lowest BCUT2D eigenvalue weighted by atomic mass is 10.1. The zero-order chi connectivity index (χ0) is 16.2. The maximum atomic E-state index is 12.3. The predicted molar refractivity (Wildman–Crippen MR) is 77.2 cm³/mol. The molecule has 0 aliphatic heterocycles. The zero-order valence-corrected chi connectivity index (χ0v) is 12.9. The molecule has 0 heterocycles. The van der Waals surface area contributed by atoms with Gasteiger partial charge in [0.25, 0.3) is 5.69 Å². The Balaban J connectivity index is 3.34. The number of nitrogens with zero attached hydrogens (tertiary/aromatic N) is 2. The van der Waals surface area contributed by atoms with E-state index in [9.17, 15) is 18.5 Å². The zero-order valence-electron chi connectivity index (χ0n) is 12.1. The molecular weight excluding hydrogens is 294 g/mol. The molecule has 8 heteroatoms. The molecule has 0 bridgehead atoms. The largest absolute Gasteiger partial charge is 0.289 e. The summed E-state index contributed by atoms with van der Waals surface area (Å²) in [5.74, 6) is 0. The number of sulfonamides is 1. The van der Waals surface area contributed by atoms with Crippen LogP contribution in [0.4, 0.5) is 5.69 Å². The molecule has 1 rings (SSSR count). The molecule has 21 heavy (non-hydrogen) atoms. The van der Waals surface area contributed by atoms with Crippen molar-refractivity contribution >= 4 is 15.7 Å². The Morgan fingerprint density at radius 3 is 2.43 bits per heavy atom. The summed E-state index contributed by atoms with van der Waals surface area (Å²) >= 11 is 0. The van der Waals surface area contributed by atoms with Gasteiger partial charge in [0.05, 0.1) is 17.4 Å². The maximum absolute atomic E-state index is 12.3. The second kappa shape index (κ2) is 6.65. The van der Waals surface area contributed by atoms with Crippen molar-refractivity contribution in [3.63, 3.8) is 0 Å². The molecule has 0 spiro atoms. The molecule has 114 valence electrons. The number of nitro groups is 1. The molecule has 0 saturated carbocycles. The number of rotatable bonds is 6. The topological polar surface area (TPSA) is 113 Å². The summed E-state index contributed by atoms with van der Waals surface area (Å²) < 4.78 is 27.0. The lowest BCUT2D eigenvalue weighted by Gasteiger charge is -2.15. The highest BCUT2D eigenvalue weighted by Gasteiger charge is 2.28. The summed E-state index contributed by atoms with van der Waals surface area (Å²) in [4.78, 5) is 9.99. The minimum Gasteiger partial charge on any atom is -0.258 e. The van der Waals surface area contributed by atoms with Crippen molar-refractivity contribution in [3.8, 4) is 6.07 Å². The minimum absolute atomic E-state index is 0.00830. The van der Waals surface area contributed by atoms with Crippen LogP contribution in [0.25, 0.3) is 0 Å². The van der Waals surface area contributed by atoms with Crippen molar-refractivity contribution in [3.05, 3.63) is 33.4 Å². The van der Waals surface area contributed by atoms with Gasteiger partial charge in [-0.05, 0) is 37.5 Å². The van der Waals surface area contributed by atoms with E-state index in [4.69, 9.17) is 5.26 Å². The van der Waals surface area contributed by atoms with Gasteiger partial charge in [0.15, 0.2) is 4.90 Å². The van der Waals surface area contributed by atoms with Gasteiger partial charge in [-0.15, -0.1) is 0 Å². The number of hydrogen-bond donors (Lipinski definition) is 1. The molecule has 1 atom stereocenters. The first kappa shape index (κ1) is 17.1. The molecule has 0 saturated heterocycles. The van der Waals surface area contributed by atoms with E-state index in [-0.39, 0.29) is 11.3 Å². The molecule has 0 aliphatic carbocycles. The van der Waals surface area contributed by atoms with Crippen molar-refractivity contribution < 1.29 is 13.3 Å². The Hall–Kier alpha value is -1.98. The van der Waals surface area contributed by atoms with Crippen LogP contribution in [0.5, 0.6) is 0 Å². The Kier molecular flexibility index (Phi) is 5.41. The Bertz CT molecular complexity index is 692. The number of aryl methyl sites for hydroxylation is 2. The van der Waals surface area contributed by atoms with Gasteiger partial charge in [-0.2, -0.15) is 5.26 Å². The van der Waals surface area contributed by atoms with Gasteiger partial charge in [-0.25, -0.2) is 13.1 Å². The number of nitro benzene ring substituents is 1. The molecule has 0 aliphatic rings. The summed E-state index contributed by atoms with van der Waals surface area (Å²) in [6.45, 7) is 5.10. The van der Waals surface area contributed by atoms with E-state index >= 15 is 0 Å². The van der Waals surface area contributed by atoms with Crippen LogP contribution >= 0.6 is 0 Å². The third-order valence-electron chi connectivity index (χ3n) is 3.21. The highest BCUT2D eigenvalue weighted by atomic mass is 32.2. The fourth-order valence-corrected chi connectivity index (χ4v) is 3.35. The Labute approximate surface area is 123 Å². The van der Waals surface area contributed by atoms with Gasteiger partial charge >= 0.3 is 0 Å². The van der Waals surface area contributed by atoms with Crippen molar-refractivity contribution in [2.75, 3.05) is 0 Å². The lowest BCUT2D eigenvalue weighted by molar-refractivity contribution is -0.387. The summed E-state index contributed by atoms with van der Waals surface area (Å²) in [6, 6.07) is 3.85. The molecule has 1 N–H and O–H groups in total. The van der Waals surface area contributed by atoms with E-state index < -0.39 is 26.7 Å². The minimum atomic E-state index is -4.05. The van der Waals surface area contributed by atoms with E-state index in [2.05, 4.69) is 4.72 Å². The smallest absolute Gasteiger partial charge is 0.258 e. The summed E-state index contributed by atoms with van der Waals surface area (Å²) in [5, 5.41) is 19.7. The van der Waals surface area contributed by atoms with Gasteiger partial charge in [0.1, 0.15) is 0 Å². The van der Waals surface area contributed by atoms with Crippen molar-refractivity contribution in [1.82, 2.24) is 4.72 Å². The van der Waals surface area contributed by atoms with Gasteiger partial charge in [-0.3, -0.25) is 10.1 Å². The fraction of sp³-hybridized carbons (Fsp3) is 0.462. The molecule has 0 radical (unpaired) electrons. The SMILES string of the molecule is CCC(CC#N)NS(=O)(=O)c1cc(C)c(C)cc1[N+](=O)[O-]. The van der Waals surface area contributed by atoms with Gasteiger partial charge in [0, 0.05) is 12.1 Å². The summed E-state index contributed by atoms with van der Waals surface area (Å²) in [5.41, 5.74) is 0.830. The van der Waals surface area contributed by atoms with Crippen LogP contribution < -0.4 is 4.72 Å². The van der Waals surface area contributed by atoms with E-state index in [1.165, 1.54) is 12.1 Å². The van der Waals surface area contributed by atoms with Crippen LogP contribution in [0, 0.1) is 35.3 Å². The van der Waals surface area contributed by atoms with Crippen molar-refractivity contribution in [1.29, 1.82) is 5.26 Å². The Morgan fingerprint density at radius 1 is 1.38 bits per heavy atom. The number of benzene rings is 1. The summed E-state index contributed by atoms with van der Waals surface area (Å²) in [7, 11) is -4.05. The van der Waals surface area contributed by atoms with E-state index in [0.717, 1.165) is 0 Å². The molecule has 0 amide bonds. The predicted octanol–water partition coefficient (Wildman–Crippen LogP) is 2.18. The number of nitriles is 1. The second-order valence-corrected chi connectivity index (χ2v) is 6.43. The highest BCUT2D eigenvalue weighted by Crippen LogP contribution is 2.27. The standard InChI is InChI=1S/C13H17N3O4S/c1-4-11(5-6-14)15-21(19,20)13-8-10(3)9(2)7-12(13)16(17)18/h7-8,11,15H,4-5H2,1-3H3. The molecular formula is C13H17N3O4S. The first-order valence-corrected chi connectivity index (χ1v) is 7.86. The molecule has 1 aromatic carbocycles. The molecule has 0 aromatic heterocycles. The first-order chi connectivity index (χ1) is 9.72. The maximum Gasteiger partial charge on any atom is 0.289 e. The van der Waals surface area contributed by atoms with E-state index in [1.807, 2.05) is 6.07 Å². The van der Waals surface area contributed by atoms with Gasteiger partial charge in [-0.1, -0.05) is 6.92 Å². The summed E-state index contributed by atoms with van der Waals surface area (Å²) in [6.07, 6.45) is 0.430. The van der Waals surface area contributed by atoms with Gasteiger partial charge < -0.3 is 0 Å². The van der Waals surface area contributed by atoms with Crippen molar-refractivity contribution in [2.45, 2.75) is 44.6 Å².